The number of ether oxygens (including phenoxy) is 1. The van der Waals surface area contributed by atoms with Crippen LogP contribution in [-0.2, 0) is 38.8 Å². The maximum atomic E-state index is 14.1. The van der Waals surface area contributed by atoms with Crippen LogP contribution in [0.3, 0.4) is 0 Å². The number of thiazole rings is 1. The molecule has 0 bridgehead atoms. The lowest BCUT2D eigenvalue weighted by Gasteiger charge is -2.31. The Morgan fingerprint density at radius 2 is 1.54 bits per heavy atom. The van der Waals surface area contributed by atoms with E-state index in [1.807, 2.05) is 25.5 Å². The number of benzene rings is 1. The van der Waals surface area contributed by atoms with Gasteiger partial charge < -0.3 is 31.3 Å². The van der Waals surface area contributed by atoms with Gasteiger partial charge in [-0.25, -0.2) is 14.7 Å². The van der Waals surface area contributed by atoms with E-state index >= 15 is 0 Å². The third kappa shape index (κ3) is 14.8. The van der Waals surface area contributed by atoms with Crippen molar-refractivity contribution >= 4 is 72.8 Å². The summed E-state index contributed by atoms with van der Waals surface area (Å²) in [5.74, 6) is -5.88. The molecule has 1 saturated carbocycles. The smallest absolute Gasteiger partial charge is 0.291 e. The van der Waals surface area contributed by atoms with Crippen molar-refractivity contribution in [2.24, 2.45) is 17.8 Å². The van der Waals surface area contributed by atoms with Crippen molar-refractivity contribution in [2.45, 2.75) is 128 Å². The van der Waals surface area contributed by atoms with Crippen molar-refractivity contribution in [1.82, 2.24) is 46.3 Å². The summed E-state index contributed by atoms with van der Waals surface area (Å²) in [6, 6.07) is 0.197. The highest BCUT2D eigenvalue weighted by atomic mass is 32.2. The van der Waals surface area contributed by atoms with E-state index in [4.69, 9.17) is 4.74 Å². The fourth-order valence-corrected chi connectivity index (χ4v) is 9.31. The van der Waals surface area contributed by atoms with Crippen molar-refractivity contribution in [2.75, 3.05) is 13.2 Å². The van der Waals surface area contributed by atoms with E-state index in [0.717, 1.165) is 43.4 Å². The molecule has 6 amide bonds. The van der Waals surface area contributed by atoms with Crippen molar-refractivity contribution in [3.8, 4) is 5.75 Å². The number of nitrogens with one attached hydrogen (secondary N) is 6. The zero-order valence-corrected chi connectivity index (χ0v) is 38.2. The molecule has 1 aliphatic carbocycles. The summed E-state index contributed by atoms with van der Waals surface area (Å²) in [6.07, 6.45) is 9.52. The van der Waals surface area contributed by atoms with Crippen molar-refractivity contribution in [3.63, 3.8) is 0 Å². The predicted molar refractivity (Wildman–Crippen MR) is 234 cm³/mol. The molecule has 63 heavy (non-hydrogen) atoms. The molecule has 344 valence electrons. The minimum absolute atomic E-state index is 0.0159. The lowest BCUT2D eigenvalue weighted by Crippen LogP contribution is -2.60. The van der Waals surface area contributed by atoms with Gasteiger partial charge in [0, 0.05) is 12.4 Å². The number of amides is 6. The molecular formula is C42H59N9O10S2. The number of nitrogens with zero attached hydrogens (tertiary/aromatic N) is 3. The first-order chi connectivity index (χ1) is 30.0. The number of carbonyl (C=O) groups excluding carboxylic acids is 7. The highest BCUT2D eigenvalue weighted by Gasteiger charge is 2.36. The SMILES string of the molecule is CCOc1ccc2nc(S(=O)(=O)NC(=O)CNC(=O)C(=O)C(CC)NC(=O)[C@H](CC3CCCCC3)NC(=O)[C@@H](NC(=O)[C@H](CC(C)C)NC(=O)c3cnccn3)[C@@H](C)CC)sc2c1. The number of hydrogen-bond donors (Lipinski definition) is 6. The Morgan fingerprint density at radius 3 is 2.17 bits per heavy atom. The van der Waals surface area contributed by atoms with Gasteiger partial charge in [-0.15, -0.1) is 11.3 Å². The molecular weight excluding hydrogens is 855 g/mol. The molecule has 2 aromatic heterocycles. The Balaban J connectivity index is 1.42. The predicted octanol–water partition coefficient (Wildman–Crippen LogP) is 2.70. The van der Waals surface area contributed by atoms with E-state index in [1.54, 1.807) is 39.0 Å². The molecule has 3 aromatic rings. The van der Waals surface area contributed by atoms with Gasteiger partial charge in [-0.3, -0.25) is 38.5 Å². The lowest BCUT2D eigenvalue weighted by molar-refractivity contribution is -0.141. The summed E-state index contributed by atoms with van der Waals surface area (Å²) >= 11 is 0.817. The normalized spacial score (nSPS) is 15.5. The molecule has 0 radical (unpaired) electrons. The first-order valence-electron chi connectivity index (χ1n) is 21.3. The van der Waals surface area contributed by atoms with E-state index in [9.17, 15) is 42.0 Å². The van der Waals surface area contributed by atoms with E-state index in [1.165, 1.54) is 18.6 Å². The van der Waals surface area contributed by atoms with Crippen LogP contribution >= 0.6 is 11.3 Å². The highest BCUT2D eigenvalue weighted by molar-refractivity contribution is 7.92. The number of rotatable bonds is 23. The van der Waals surface area contributed by atoms with Gasteiger partial charge in [0.05, 0.1) is 35.6 Å². The number of carbonyl (C=O) groups is 7. The fraction of sp³-hybridized carbons (Fsp3) is 0.571. The lowest BCUT2D eigenvalue weighted by atomic mass is 9.84. The molecule has 1 fully saturated rings. The van der Waals surface area contributed by atoms with Gasteiger partial charge in [0.15, 0.2) is 0 Å². The second kappa shape index (κ2) is 23.8. The van der Waals surface area contributed by atoms with E-state index in [0.29, 0.717) is 29.0 Å². The van der Waals surface area contributed by atoms with Crippen LogP contribution in [-0.4, -0.2) is 102 Å². The van der Waals surface area contributed by atoms with Gasteiger partial charge in [0.1, 0.15) is 29.6 Å². The monoisotopic (exact) mass is 913 g/mol. The molecule has 1 aliphatic rings. The summed E-state index contributed by atoms with van der Waals surface area (Å²) < 4.78 is 33.3. The minimum Gasteiger partial charge on any atom is -0.494 e. The Bertz CT molecular complexity index is 2200. The van der Waals surface area contributed by atoms with Crippen LogP contribution in [0.2, 0.25) is 0 Å². The average Bonchev–Trinajstić information content (AvgIpc) is 3.70. The molecule has 21 heteroatoms. The van der Waals surface area contributed by atoms with Gasteiger partial charge in [-0.2, -0.15) is 8.42 Å². The molecule has 6 N–H and O–H groups in total. The molecule has 5 atom stereocenters. The maximum absolute atomic E-state index is 14.1. The van der Waals surface area contributed by atoms with Crippen LogP contribution < -0.4 is 36.0 Å². The number of fused-ring (bicyclic) bond motifs is 1. The number of Topliss-reactive ketones (excluding diaryl/α,β-unsaturated/α-hetero) is 1. The average molecular weight is 914 g/mol. The number of aromatic nitrogens is 3. The largest absolute Gasteiger partial charge is 0.494 e. The van der Waals surface area contributed by atoms with Crippen LogP contribution in [0.25, 0.3) is 10.2 Å². The first-order valence-corrected chi connectivity index (χ1v) is 23.6. The zero-order valence-electron chi connectivity index (χ0n) is 36.5. The molecule has 0 saturated heterocycles. The Hall–Kier alpha value is -5.57. The standard InChI is InChI=1S/C42H59N9O10S2/c1-7-25(6)35(50-38(55)30(19-24(4)5)47-39(56)32-22-43-17-18-44-32)40(57)48-31(20-26-13-11-10-12-14-26)37(54)46-28(8-2)36(53)41(58)45-23-34(52)51-63(59,60)42-49-29-16-15-27(61-9-3)21-33(29)62-42/h15-18,21-22,24-26,28,30-31,35H,7-14,19-20,23H2,1-6H3,(H,45,58)(H,46,54)(H,47,56)(H,48,57)(H,50,55)(H,51,52)/t25-,28?,30-,31-,35-/m0/s1. The fourth-order valence-electron chi connectivity index (χ4n) is 7.07. The molecule has 1 unspecified atom stereocenters. The van der Waals surface area contributed by atoms with Gasteiger partial charge in [0.25, 0.3) is 27.7 Å². The second-order valence-electron chi connectivity index (χ2n) is 16.0. The first kappa shape index (κ1) is 50.1. The van der Waals surface area contributed by atoms with Crippen molar-refractivity contribution < 1.29 is 46.7 Å². The van der Waals surface area contributed by atoms with Gasteiger partial charge in [-0.1, -0.05) is 73.1 Å². The second-order valence-corrected chi connectivity index (χ2v) is 18.9. The summed E-state index contributed by atoms with van der Waals surface area (Å²) in [7, 11) is -4.43. The van der Waals surface area contributed by atoms with Gasteiger partial charge >= 0.3 is 0 Å². The quantitative estimate of drug-likeness (QED) is 0.0748. The highest BCUT2D eigenvalue weighted by Crippen LogP contribution is 2.29. The number of sulfonamides is 1. The Morgan fingerprint density at radius 1 is 0.841 bits per heavy atom. The van der Waals surface area contributed by atoms with Crippen molar-refractivity contribution in [3.05, 3.63) is 42.5 Å². The van der Waals surface area contributed by atoms with E-state index in [2.05, 4.69) is 41.5 Å². The number of ketones is 1. The molecule has 0 aliphatic heterocycles. The third-order valence-electron chi connectivity index (χ3n) is 10.6. The van der Waals surface area contributed by atoms with Crippen LogP contribution in [0.1, 0.15) is 110 Å². The van der Waals surface area contributed by atoms with Crippen LogP contribution in [0.15, 0.2) is 41.1 Å². The number of hydrogen-bond acceptors (Lipinski definition) is 14. The summed E-state index contributed by atoms with van der Waals surface area (Å²) in [6.45, 7) is 10.3. The Kier molecular flexibility index (Phi) is 18.9. The minimum atomic E-state index is -4.43. The van der Waals surface area contributed by atoms with Crippen LogP contribution in [0.5, 0.6) is 5.75 Å². The zero-order chi connectivity index (χ0) is 46.3. The molecule has 19 nitrogen and oxygen atoms in total. The van der Waals surface area contributed by atoms with Crippen LogP contribution in [0, 0.1) is 17.8 Å². The van der Waals surface area contributed by atoms with Gasteiger partial charge in [0.2, 0.25) is 27.8 Å². The molecule has 4 rings (SSSR count). The summed E-state index contributed by atoms with van der Waals surface area (Å²) in [5.41, 5.74) is 0.390. The molecule has 1 aromatic carbocycles. The van der Waals surface area contributed by atoms with Crippen LogP contribution in [0.4, 0.5) is 0 Å². The maximum Gasteiger partial charge on any atom is 0.291 e. The van der Waals surface area contributed by atoms with E-state index in [-0.39, 0.29) is 41.1 Å². The summed E-state index contributed by atoms with van der Waals surface area (Å²) in [5, 5.41) is 13.0. The van der Waals surface area contributed by atoms with E-state index < -0.39 is 87.9 Å². The topological polar surface area (TPSA) is 274 Å². The Labute approximate surface area is 371 Å². The van der Waals surface area contributed by atoms with Gasteiger partial charge in [-0.05, 0) is 62.1 Å². The third-order valence-corrected chi connectivity index (χ3v) is 13.4. The molecule has 0 spiro atoms. The molecule has 2 heterocycles. The summed E-state index contributed by atoms with van der Waals surface area (Å²) in [4.78, 5) is 106. The van der Waals surface area contributed by atoms with Crippen molar-refractivity contribution in [1.29, 1.82) is 0 Å².